The van der Waals surface area contributed by atoms with Gasteiger partial charge in [-0.3, -0.25) is 9.59 Å². The lowest BCUT2D eigenvalue weighted by Gasteiger charge is -2.44. The predicted octanol–water partition coefficient (Wildman–Crippen LogP) is 5.49. The number of hydrogen-bond acceptors (Lipinski definition) is 11. The molecule has 0 N–H and O–H groups in total. The topological polar surface area (TPSA) is 111 Å². The normalized spacial score (nSPS) is 45.7. The highest BCUT2D eigenvalue weighted by Crippen LogP contribution is 2.54. The molecular weight excluding hydrogens is 666 g/mol. The molecule has 0 unspecified atom stereocenters. The molecule has 6 rings (SSSR count). The minimum Gasteiger partial charge on any atom is -0.462 e. The largest absolute Gasteiger partial charge is 0.462 e. The van der Waals surface area contributed by atoms with Crippen LogP contribution in [0.5, 0.6) is 0 Å². The van der Waals surface area contributed by atoms with Crippen molar-refractivity contribution < 1.29 is 47.5 Å². The molecule has 0 aromatic carbocycles. The fraction of sp³-hybridized carbons (Fsp3) is 0.854. The molecule has 0 radical (unpaired) electrons. The molecular formula is C41H65NO10. The molecule has 3 heterocycles. The number of cyclic esters (lactones) is 1. The second-order valence-electron chi connectivity index (χ2n) is 16.5. The smallest absolute Gasteiger partial charge is 0.306 e. The molecule has 11 heteroatoms. The highest BCUT2D eigenvalue weighted by molar-refractivity contribution is 5.99. The van der Waals surface area contributed by atoms with Gasteiger partial charge in [0.2, 0.25) is 0 Å². The molecule has 17 atom stereocenters. The number of likely N-dealkylation sites (N-methyl/N-ethyl adjacent to an activating group) is 1. The zero-order valence-electron chi connectivity index (χ0n) is 32.9. The number of fused-ring (bicyclic) bond motifs is 5. The van der Waals surface area contributed by atoms with Gasteiger partial charge in [0, 0.05) is 39.2 Å². The predicted molar refractivity (Wildman–Crippen MR) is 194 cm³/mol. The van der Waals surface area contributed by atoms with Gasteiger partial charge in [-0.2, -0.15) is 0 Å². The Balaban J connectivity index is 1.20. The first kappa shape index (κ1) is 40.0. The third-order valence-electron chi connectivity index (χ3n) is 13.3. The van der Waals surface area contributed by atoms with Crippen molar-refractivity contribution in [2.75, 3.05) is 35.4 Å². The number of carbonyl (C=O) groups excluding carboxylic acids is 2. The molecule has 1 saturated carbocycles. The molecule has 3 aliphatic carbocycles. The lowest BCUT2D eigenvalue weighted by molar-refractivity contribution is -0.314. The van der Waals surface area contributed by atoms with Crippen LogP contribution >= 0.6 is 0 Å². The van der Waals surface area contributed by atoms with Crippen molar-refractivity contribution in [2.45, 2.75) is 153 Å². The van der Waals surface area contributed by atoms with E-state index in [2.05, 4.69) is 51.1 Å². The highest BCUT2D eigenvalue weighted by atomic mass is 16.7. The molecule has 6 aliphatic rings. The summed E-state index contributed by atoms with van der Waals surface area (Å²) >= 11 is 0. The third-order valence-corrected chi connectivity index (χ3v) is 13.3. The summed E-state index contributed by atoms with van der Waals surface area (Å²) in [5.74, 6) is 0.0198. The molecule has 3 saturated heterocycles. The van der Waals surface area contributed by atoms with E-state index in [-0.39, 0.29) is 96.8 Å². The van der Waals surface area contributed by atoms with E-state index in [1.54, 1.807) is 21.3 Å². The first-order chi connectivity index (χ1) is 25.0. The van der Waals surface area contributed by atoms with Gasteiger partial charge in [-0.15, -0.1) is 0 Å². The van der Waals surface area contributed by atoms with Crippen LogP contribution in [-0.2, 0) is 47.5 Å². The van der Waals surface area contributed by atoms with Crippen LogP contribution in [0.2, 0.25) is 0 Å². The van der Waals surface area contributed by atoms with Crippen LogP contribution in [0.15, 0.2) is 23.8 Å². The van der Waals surface area contributed by atoms with Crippen LogP contribution < -0.4 is 0 Å². The van der Waals surface area contributed by atoms with Gasteiger partial charge in [0.25, 0.3) is 0 Å². The van der Waals surface area contributed by atoms with Crippen LogP contribution in [-0.4, -0.2) is 120 Å². The van der Waals surface area contributed by atoms with Crippen molar-refractivity contribution in [3.8, 4) is 0 Å². The van der Waals surface area contributed by atoms with E-state index < -0.39 is 12.4 Å². The fourth-order valence-electron chi connectivity index (χ4n) is 10.4. The molecule has 0 amide bonds. The molecule has 11 nitrogen and oxygen atoms in total. The number of rotatable bonds is 9. The standard InChI is InChI=1S/C41H65NO10/c1-10-26-12-11-13-34(52-36-17-16-33(42(5)6)23(3)48-36)22(2)37(44)32-20-30-28(31(32)21-35(43)50-26)15-14-25-18-27(19-29(25)30)51-41-40(47-9)39(46-8)38(45-7)24(4)49-41/h14-15,20,22-31,33-34,36,38-41H,10-13,16-19,21H2,1-9H3/t22-,23-,24+,25+,26+,27+,28-,29-,30-,31+,33+,34+,36+,38+,39-,40-,41+/m1/s1. The number of esters is 1. The van der Waals surface area contributed by atoms with E-state index in [1.165, 1.54) is 0 Å². The molecule has 0 spiro atoms. The van der Waals surface area contributed by atoms with Gasteiger partial charge in [0.15, 0.2) is 18.4 Å². The summed E-state index contributed by atoms with van der Waals surface area (Å²) in [4.78, 5) is 30.4. The average molecular weight is 732 g/mol. The molecule has 0 aromatic rings. The molecule has 52 heavy (non-hydrogen) atoms. The van der Waals surface area contributed by atoms with Crippen molar-refractivity contribution >= 4 is 11.8 Å². The van der Waals surface area contributed by atoms with Crippen molar-refractivity contribution in [1.82, 2.24) is 4.90 Å². The first-order valence-corrected chi connectivity index (χ1v) is 20.0. The highest BCUT2D eigenvalue weighted by Gasteiger charge is 2.52. The molecule has 4 fully saturated rings. The maximum absolute atomic E-state index is 14.7. The number of carbonyl (C=O) groups is 2. The van der Waals surface area contributed by atoms with Gasteiger partial charge in [-0.25, -0.2) is 0 Å². The van der Waals surface area contributed by atoms with E-state index in [1.807, 2.05) is 13.8 Å². The Morgan fingerprint density at radius 2 is 1.58 bits per heavy atom. The molecule has 0 bridgehead atoms. The third kappa shape index (κ3) is 8.27. The Morgan fingerprint density at radius 3 is 2.25 bits per heavy atom. The zero-order chi connectivity index (χ0) is 37.3. The number of ether oxygens (including phenoxy) is 8. The molecule has 3 aliphatic heterocycles. The summed E-state index contributed by atoms with van der Waals surface area (Å²) in [7, 11) is 9.15. The Labute approximate surface area is 311 Å². The number of methoxy groups -OCH3 is 3. The van der Waals surface area contributed by atoms with Crippen LogP contribution in [0.25, 0.3) is 0 Å². The van der Waals surface area contributed by atoms with Gasteiger partial charge in [0.1, 0.15) is 24.4 Å². The van der Waals surface area contributed by atoms with Gasteiger partial charge < -0.3 is 42.8 Å². The summed E-state index contributed by atoms with van der Waals surface area (Å²) in [5.41, 5.74) is 0.763. The van der Waals surface area contributed by atoms with E-state index in [9.17, 15) is 9.59 Å². The second kappa shape index (κ2) is 17.4. The maximum atomic E-state index is 14.7. The minimum absolute atomic E-state index is 0.0380. The Bertz CT molecular complexity index is 1290. The summed E-state index contributed by atoms with van der Waals surface area (Å²) in [5, 5.41) is 0. The number of ketones is 1. The molecule has 0 aromatic heterocycles. The number of allylic oxidation sites excluding steroid dienone is 4. The fourth-order valence-corrected chi connectivity index (χ4v) is 10.4. The lowest BCUT2D eigenvalue weighted by atomic mass is 9.70. The monoisotopic (exact) mass is 731 g/mol. The quantitative estimate of drug-likeness (QED) is 0.222. The second-order valence-corrected chi connectivity index (χ2v) is 16.5. The van der Waals surface area contributed by atoms with E-state index in [0.29, 0.717) is 18.4 Å². The molecule has 294 valence electrons. The Hall–Kier alpha value is -1.70. The van der Waals surface area contributed by atoms with Crippen molar-refractivity contribution in [1.29, 1.82) is 0 Å². The van der Waals surface area contributed by atoms with Crippen LogP contribution in [0.4, 0.5) is 0 Å². The number of nitrogens with zero attached hydrogens (tertiary/aromatic N) is 1. The van der Waals surface area contributed by atoms with Crippen LogP contribution in [0.3, 0.4) is 0 Å². The van der Waals surface area contributed by atoms with E-state index in [4.69, 9.17) is 37.9 Å². The van der Waals surface area contributed by atoms with Crippen molar-refractivity contribution in [3.63, 3.8) is 0 Å². The van der Waals surface area contributed by atoms with Gasteiger partial charge in [-0.05, 0) is 109 Å². The van der Waals surface area contributed by atoms with Crippen molar-refractivity contribution in [3.05, 3.63) is 23.8 Å². The zero-order valence-corrected chi connectivity index (χ0v) is 32.9. The summed E-state index contributed by atoms with van der Waals surface area (Å²) in [6, 6.07) is 0.339. The Kier molecular flexibility index (Phi) is 13.4. The van der Waals surface area contributed by atoms with Crippen LogP contribution in [0, 0.1) is 35.5 Å². The van der Waals surface area contributed by atoms with Crippen molar-refractivity contribution in [2.24, 2.45) is 35.5 Å². The summed E-state index contributed by atoms with van der Waals surface area (Å²) < 4.78 is 49.5. The maximum Gasteiger partial charge on any atom is 0.306 e. The summed E-state index contributed by atoms with van der Waals surface area (Å²) in [6.07, 6.45) is 10.8. The van der Waals surface area contributed by atoms with E-state index >= 15 is 0 Å². The van der Waals surface area contributed by atoms with Crippen LogP contribution in [0.1, 0.15) is 85.5 Å². The first-order valence-electron chi connectivity index (χ1n) is 20.0. The SMILES string of the molecule is CC[C@H]1CCC[C@H](O[C@H]2CC[C@H](N(C)C)[C@@H](C)O2)[C@@H](C)C(=O)C2=C[C@@H]3[C@@H](C=C[C@H]4C[C@H](O[C@@H]5O[C@@H](C)[C@H](OC)[C@@H](OC)[C@H]5OC)C[C@@H]34)[C@@H]2CC(=O)O1. The van der Waals surface area contributed by atoms with Gasteiger partial charge in [-0.1, -0.05) is 32.1 Å². The number of Topliss-reactive ketones (excluding diaryl/α,β-unsaturated/α-hetero) is 1. The van der Waals surface area contributed by atoms with Gasteiger partial charge >= 0.3 is 5.97 Å². The Morgan fingerprint density at radius 1 is 0.827 bits per heavy atom. The summed E-state index contributed by atoms with van der Waals surface area (Å²) in [6.45, 7) is 8.17. The van der Waals surface area contributed by atoms with E-state index in [0.717, 1.165) is 50.5 Å². The lowest BCUT2D eigenvalue weighted by Crippen LogP contribution is -2.59. The number of hydrogen-bond donors (Lipinski definition) is 0. The average Bonchev–Trinajstić information content (AvgIpc) is 3.70. The van der Waals surface area contributed by atoms with Gasteiger partial charge in [0.05, 0.1) is 30.8 Å². The minimum atomic E-state index is -0.594.